The van der Waals surface area contributed by atoms with Crippen molar-refractivity contribution in [1.82, 2.24) is 19.9 Å². The highest BCUT2D eigenvalue weighted by molar-refractivity contribution is 7.80. The lowest BCUT2D eigenvalue weighted by Crippen LogP contribution is -2.38. The highest BCUT2D eigenvalue weighted by Crippen LogP contribution is 2.44. The molecule has 200 valence electrons. The summed E-state index contributed by atoms with van der Waals surface area (Å²) in [6.07, 6.45) is 6.73. The van der Waals surface area contributed by atoms with Gasteiger partial charge in [0.2, 0.25) is 0 Å². The maximum absolute atomic E-state index is 6.98. The number of piperidine rings is 1. The molecule has 3 aromatic heterocycles. The molecule has 2 fully saturated rings. The molecule has 0 radical (unpaired) electrons. The molecule has 9 heteroatoms. The van der Waals surface area contributed by atoms with Crippen LogP contribution in [0.25, 0.3) is 5.82 Å². The fraction of sp³-hybridized carbons (Fsp3) is 0.300. The van der Waals surface area contributed by atoms with Crippen LogP contribution in [0, 0.1) is 11.8 Å². The number of halogens is 2. The zero-order valence-electron chi connectivity index (χ0n) is 21.8. The van der Waals surface area contributed by atoms with Crippen LogP contribution in [0.1, 0.15) is 43.7 Å². The third-order valence-electron chi connectivity index (χ3n) is 7.56. The van der Waals surface area contributed by atoms with Gasteiger partial charge in [-0.05, 0) is 85.1 Å². The molecular formula is C30H30Cl2N6S. The molecule has 0 amide bonds. The molecule has 0 saturated carbocycles. The Kier molecular flexibility index (Phi) is 7.23. The quantitative estimate of drug-likeness (QED) is 0.253. The molecule has 1 aromatic carbocycles. The minimum absolute atomic E-state index is 0.179. The van der Waals surface area contributed by atoms with E-state index in [-0.39, 0.29) is 12.1 Å². The molecule has 39 heavy (non-hydrogen) atoms. The first-order valence-corrected chi connectivity index (χ1v) is 14.4. The zero-order valence-corrected chi connectivity index (χ0v) is 24.2. The summed E-state index contributed by atoms with van der Waals surface area (Å²) < 4.78 is 2.08. The lowest BCUT2D eigenvalue weighted by atomic mass is 9.91. The van der Waals surface area contributed by atoms with Gasteiger partial charge in [-0.15, -0.1) is 0 Å². The van der Waals surface area contributed by atoms with E-state index in [4.69, 9.17) is 35.4 Å². The van der Waals surface area contributed by atoms with Crippen LogP contribution in [0.4, 0.5) is 11.4 Å². The molecule has 0 spiro atoms. The van der Waals surface area contributed by atoms with Gasteiger partial charge in [0.15, 0.2) is 5.11 Å². The molecule has 2 aliphatic heterocycles. The van der Waals surface area contributed by atoms with Gasteiger partial charge in [-0.1, -0.05) is 43.1 Å². The summed E-state index contributed by atoms with van der Waals surface area (Å²) >= 11 is 19.1. The van der Waals surface area contributed by atoms with Crippen molar-refractivity contribution in [1.29, 1.82) is 0 Å². The van der Waals surface area contributed by atoms with E-state index in [1.54, 1.807) is 6.20 Å². The molecule has 4 unspecified atom stereocenters. The van der Waals surface area contributed by atoms with Gasteiger partial charge in [-0.2, -0.15) is 0 Å². The van der Waals surface area contributed by atoms with Crippen molar-refractivity contribution in [2.45, 2.75) is 32.4 Å². The summed E-state index contributed by atoms with van der Waals surface area (Å²) in [5.74, 6) is 2.05. The van der Waals surface area contributed by atoms with Crippen LogP contribution in [-0.4, -0.2) is 32.7 Å². The lowest BCUT2D eigenvalue weighted by molar-refractivity contribution is 0.357. The summed E-state index contributed by atoms with van der Waals surface area (Å²) in [5.41, 5.74) is 3.93. The van der Waals surface area contributed by atoms with Crippen molar-refractivity contribution in [2.24, 2.45) is 11.8 Å². The zero-order chi connectivity index (χ0) is 27.1. The molecule has 5 heterocycles. The maximum atomic E-state index is 6.98. The second kappa shape index (κ2) is 10.8. The third kappa shape index (κ3) is 5.11. The molecule has 2 saturated heterocycles. The van der Waals surface area contributed by atoms with E-state index in [0.29, 0.717) is 22.0 Å². The van der Waals surface area contributed by atoms with Gasteiger partial charge in [0.05, 0.1) is 27.5 Å². The fourth-order valence-corrected chi connectivity index (χ4v) is 6.80. The van der Waals surface area contributed by atoms with Crippen LogP contribution >= 0.6 is 35.4 Å². The van der Waals surface area contributed by atoms with Gasteiger partial charge < -0.3 is 19.7 Å². The Bertz CT molecular complexity index is 1460. The fourth-order valence-electron chi connectivity index (χ4n) is 6.05. The topological polar surface area (TPSA) is 49.2 Å². The lowest BCUT2D eigenvalue weighted by Gasteiger charge is -2.37. The average Bonchev–Trinajstić information content (AvgIpc) is 3.53. The number of thiocarbonyl (C=S) groups is 1. The first-order valence-electron chi connectivity index (χ1n) is 13.2. The van der Waals surface area contributed by atoms with Crippen molar-refractivity contribution in [3.8, 4) is 5.82 Å². The molecule has 4 atom stereocenters. The van der Waals surface area contributed by atoms with Crippen LogP contribution in [0.2, 0.25) is 10.0 Å². The Morgan fingerprint density at radius 3 is 2.46 bits per heavy atom. The van der Waals surface area contributed by atoms with Crippen molar-refractivity contribution >= 4 is 51.9 Å². The Hall–Kier alpha value is -3.13. The number of hydrogen-bond donors (Lipinski definition) is 1. The maximum Gasteiger partial charge on any atom is 0.174 e. The predicted octanol–water partition coefficient (Wildman–Crippen LogP) is 7.23. The number of pyridine rings is 2. The third-order valence-corrected chi connectivity index (χ3v) is 8.40. The predicted molar refractivity (Wildman–Crippen MR) is 163 cm³/mol. The van der Waals surface area contributed by atoms with Crippen LogP contribution in [0.15, 0.2) is 79.3 Å². The standard InChI is InChI=1S/C30H30Cl2N6S/c1-19-14-20(2)18-36(17-19)25-10-9-22(15-23(25)32)38-29(28(35-30(38)39)24-6-3-4-12-33-24)26-7-5-13-37(26)27-11-8-21(31)16-34-27/h3-13,15-16,19-20,28-29H,14,17-18H2,1-2H3,(H,35,39). The molecule has 1 N–H and O–H groups in total. The number of anilines is 2. The van der Waals surface area contributed by atoms with Crippen LogP contribution in [0.5, 0.6) is 0 Å². The van der Waals surface area contributed by atoms with E-state index in [9.17, 15) is 0 Å². The molecule has 6 rings (SSSR count). The van der Waals surface area contributed by atoms with E-state index >= 15 is 0 Å². The minimum Gasteiger partial charge on any atom is -0.370 e. The number of benzene rings is 1. The number of nitrogens with one attached hydrogen (secondary N) is 1. The van der Waals surface area contributed by atoms with E-state index in [2.05, 4.69) is 61.7 Å². The van der Waals surface area contributed by atoms with Crippen LogP contribution in [0.3, 0.4) is 0 Å². The van der Waals surface area contributed by atoms with Crippen LogP contribution < -0.4 is 15.1 Å². The number of aromatic nitrogens is 3. The molecule has 2 aliphatic rings. The van der Waals surface area contributed by atoms with Gasteiger partial charge in [0.25, 0.3) is 0 Å². The first-order chi connectivity index (χ1) is 18.9. The minimum atomic E-state index is -0.197. The summed E-state index contributed by atoms with van der Waals surface area (Å²) in [6, 6.07) is 19.8. The second-order valence-corrected chi connectivity index (χ2v) is 11.9. The second-order valence-electron chi connectivity index (χ2n) is 10.6. The SMILES string of the molecule is CC1CC(C)CN(c2ccc(N3C(=S)NC(c4ccccn4)C3c3cccn3-c3ccc(Cl)cn3)cc2Cl)C1. The van der Waals surface area contributed by atoms with Gasteiger partial charge >= 0.3 is 0 Å². The Balaban J connectivity index is 1.42. The first kappa shape index (κ1) is 26.1. The van der Waals surface area contributed by atoms with E-state index in [1.807, 2.05) is 54.9 Å². The molecule has 0 bridgehead atoms. The van der Waals surface area contributed by atoms with Gasteiger partial charge in [0, 0.05) is 43.1 Å². The van der Waals surface area contributed by atoms with Crippen molar-refractivity contribution in [3.05, 3.63) is 101 Å². The highest BCUT2D eigenvalue weighted by atomic mass is 35.5. The number of nitrogens with zero attached hydrogens (tertiary/aromatic N) is 5. The molecule has 0 aliphatic carbocycles. The Morgan fingerprint density at radius 1 is 0.949 bits per heavy atom. The summed E-state index contributed by atoms with van der Waals surface area (Å²) in [5, 5.41) is 5.48. The van der Waals surface area contributed by atoms with Crippen molar-refractivity contribution in [3.63, 3.8) is 0 Å². The molecular weight excluding hydrogens is 547 g/mol. The Labute approximate surface area is 244 Å². The largest absolute Gasteiger partial charge is 0.370 e. The summed E-state index contributed by atoms with van der Waals surface area (Å²) in [7, 11) is 0. The van der Waals surface area contributed by atoms with Gasteiger partial charge in [-0.3, -0.25) is 4.98 Å². The van der Waals surface area contributed by atoms with Crippen molar-refractivity contribution in [2.75, 3.05) is 22.9 Å². The van der Waals surface area contributed by atoms with Gasteiger partial charge in [0.1, 0.15) is 11.9 Å². The highest BCUT2D eigenvalue weighted by Gasteiger charge is 2.42. The molecule has 6 nitrogen and oxygen atoms in total. The normalized spacial score (nSPS) is 23.2. The smallest absolute Gasteiger partial charge is 0.174 e. The number of rotatable bonds is 5. The van der Waals surface area contributed by atoms with Crippen LogP contribution in [-0.2, 0) is 0 Å². The van der Waals surface area contributed by atoms with E-state index < -0.39 is 0 Å². The number of hydrogen-bond acceptors (Lipinski definition) is 4. The summed E-state index contributed by atoms with van der Waals surface area (Å²) in [4.78, 5) is 13.8. The average molecular weight is 578 g/mol. The molecule has 4 aromatic rings. The summed E-state index contributed by atoms with van der Waals surface area (Å²) in [6.45, 7) is 6.65. The monoisotopic (exact) mass is 576 g/mol. The van der Waals surface area contributed by atoms with E-state index in [1.165, 1.54) is 6.42 Å². The van der Waals surface area contributed by atoms with Gasteiger partial charge in [-0.25, -0.2) is 4.98 Å². The van der Waals surface area contributed by atoms with E-state index in [0.717, 1.165) is 46.7 Å². The van der Waals surface area contributed by atoms with Crippen molar-refractivity contribution < 1.29 is 0 Å². The Morgan fingerprint density at radius 2 is 1.77 bits per heavy atom.